The van der Waals surface area contributed by atoms with Crippen LogP contribution in [-0.2, 0) is 24.2 Å². The minimum atomic E-state index is -0.641. The number of piperidine rings is 1. The fourth-order valence-corrected chi connectivity index (χ4v) is 8.61. The molecule has 3 heterocycles. The Bertz CT molecular complexity index is 1310. The van der Waals surface area contributed by atoms with E-state index in [0.29, 0.717) is 17.8 Å². The van der Waals surface area contributed by atoms with Crippen molar-refractivity contribution in [1.29, 1.82) is 0 Å². The highest BCUT2D eigenvalue weighted by Gasteiger charge is 2.46. The van der Waals surface area contributed by atoms with Crippen LogP contribution in [0.2, 0.25) is 0 Å². The molecule has 1 aliphatic carbocycles. The molecular weight excluding hydrogens is 532 g/mol. The zero-order valence-corrected chi connectivity index (χ0v) is 26.0. The highest BCUT2D eigenvalue weighted by Crippen LogP contribution is 2.44. The fourth-order valence-electron chi connectivity index (χ4n) is 8.61. The summed E-state index contributed by atoms with van der Waals surface area (Å²) in [6, 6.07) is 21.8. The lowest BCUT2D eigenvalue weighted by molar-refractivity contribution is -0.141. The van der Waals surface area contributed by atoms with E-state index in [1.54, 1.807) is 0 Å². The Labute approximate surface area is 258 Å². The molecular formula is C37H50N4O2. The number of carbonyl (C=O) groups is 1. The van der Waals surface area contributed by atoms with Crippen LogP contribution in [0, 0.1) is 5.92 Å². The average molecular weight is 583 g/mol. The van der Waals surface area contributed by atoms with Gasteiger partial charge in [-0.1, -0.05) is 79.9 Å². The van der Waals surface area contributed by atoms with Crippen molar-refractivity contribution in [2.24, 2.45) is 5.92 Å². The minimum Gasteiger partial charge on any atom is -0.481 e. The molecule has 3 aromatic rings. The van der Waals surface area contributed by atoms with Gasteiger partial charge in [-0.3, -0.25) is 14.4 Å². The van der Waals surface area contributed by atoms with E-state index in [1.165, 1.54) is 41.6 Å². The van der Waals surface area contributed by atoms with Crippen molar-refractivity contribution in [1.82, 2.24) is 19.6 Å². The number of likely N-dealkylation sites (tertiary alicyclic amines) is 2. The number of nitrogens with zero attached hydrogens (tertiary/aromatic N) is 4. The summed E-state index contributed by atoms with van der Waals surface area (Å²) in [5.74, 6) is 0.903. The number of benzene rings is 2. The Morgan fingerprint density at radius 1 is 0.930 bits per heavy atom. The number of carboxylic acids is 1. The van der Waals surface area contributed by atoms with Crippen molar-refractivity contribution in [3.8, 4) is 0 Å². The van der Waals surface area contributed by atoms with Gasteiger partial charge < -0.3 is 10.0 Å². The molecule has 2 saturated heterocycles. The van der Waals surface area contributed by atoms with Crippen LogP contribution < -0.4 is 0 Å². The first-order valence-corrected chi connectivity index (χ1v) is 16.9. The molecule has 0 bridgehead atoms. The molecule has 2 aliphatic heterocycles. The van der Waals surface area contributed by atoms with Crippen LogP contribution in [-0.4, -0.2) is 68.9 Å². The van der Waals surface area contributed by atoms with Crippen LogP contribution in [0.25, 0.3) is 0 Å². The van der Waals surface area contributed by atoms with Gasteiger partial charge in [0.25, 0.3) is 0 Å². The molecule has 2 aromatic carbocycles. The third-order valence-electron chi connectivity index (χ3n) is 10.9. The number of hydrogen-bond donors (Lipinski definition) is 1. The van der Waals surface area contributed by atoms with Gasteiger partial charge in [0, 0.05) is 49.2 Å². The SMILES string of the molecule is CCn1ncc(CCc2ccccc2)c1C1CCN(CC2CN(C3(CC(=O)O)CCCCC3)CC2c2ccccc2)CC1. The Morgan fingerprint density at radius 2 is 1.63 bits per heavy atom. The summed E-state index contributed by atoms with van der Waals surface area (Å²) in [5.41, 5.74) is 5.54. The van der Waals surface area contributed by atoms with E-state index in [-0.39, 0.29) is 12.0 Å². The van der Waals surface area contributed by atoms with E-state index in [4.69, 9.17) is 5.10 Å². The molecule has 0 amide bonds. The fraction of sp³-hybridized carbons (Fsp3) is 0.568. The van der Waals surface area contributed by atoms with Gasteiger partial charge >= 0.3 is 5.97 Å². The zero-order valence-electron chi connectivity index (χ0n) is 26.0. The number of aliphatic carboxylic acids is 1. The van der Waals surface area contributed by atoms with Crippen LogP contribution in [0.5, 0.6) is 0 Å². The lowest BCUT2D eigenvalue weighted by Crippen LogP contribution is -2.50. The summed E-state index contributed by atoms with van der Waals surface area (Å²) < 4.78 is 2.26. The third-order valence-corrected chi connectivity index (χ3v) is 10.9. The summed E-state index contributed by atoms with van der Waals surface area (Å²) in [6.45, 7) is 8.48. The Balaban J connectivity index is 1.13. The first-order valence-electron chi connectivity index (χ1n) is 16.9. The maximum absolute atomic E-state index is 12.0. The van der Waals surface area contributed by atoms with Crippen LogP contribution in [0.15, 0.2) is 66.9 Å². The highest BCUT2D eigenvalue weighted by atomic mass is 16.4. The monoisotopic (exact) mass is 582 g/mol. The second kappa shape index (κ2) is 13.8. The van der Waals surface area contributed by atoms with Gasteiger partial charge in [-0.15, -0.1) is 0 Å². The van der Waals surface area contributed by atoms with Crippen molar-refractivity contribution in [3.05, 3.63) is 89.2 Å². The molecule has 3 fully saturated rings. The van der Waals surface area contributed by atoms with E-state index in [0.717, 1.165) is 77.8 Å². The Morgan fingerprint density at radius 3 is 2.30 bits per heavy atom. The third kappa shape index (κ3) is 6.91. The molecule has 230 valence electrons. The molecule has 6 heteroatoms. The minimum absolute atomic E-state index is 0.173. The normalized spacial score (nSPS) is 23.5. The largest absolute Gasteiger partial charge is 0.481 e. The first-order chi connectivity index (χ1) is 21.0. The van der Waals surface area contributed by atoms with E-state index < -0.39 is 5.97 Å². The molecule has 1 N–H and O–H groups in total. The van der Waals surface area contributed by atoms with E-state index in [2.05, 4.69) is 88.3 Å². The molecule has 2 atom stereocenters. The number of aryl methyl sites for hydroxylation is 3. The quantitative estimate of drug-likeness (QED) is 0.271. The van der Waals surface area contributed by atoms with Crippen LogP contribution in [0.3, 0.4) is 0 Å². The number of carboxylic acid groups (broad SMARTS) is 1. The lowest BCUT2D eigenvalue weighted by atomic mass is 9.78. The van der Waals surface area contributed by atoms with Gasteiger partial charge in [-0.05, 0) is 81.1 Å². The molecule has 1 aromatic heterocycles. The molecule has 0 spiro atoms. The molecule has 1 saturated carbocycles. The van der Waals surface area contributed by atoms with Crippen molar-refractivity contribution < 1.29 is 9.90 Å². The van der Waals surface area contributed by atoms with Gasteiger partial charge in [0.2, 0.25) is 0 Å². The van der Waals surface area contributed by atoms with Gasteiger partial charge in [0.15, 0.2) is 0 Å². The molecule has 3 aliphatic rings. The van der Waals surface area contributed by atoms with E-state index in [9.17, 15) is 9.90 Å². The first kappa shape index (κ1) is 30.1. The summed E-state index contributed by atoms with van der Waals surface area (Å²) in [6.07, 6.45) is 12.5. The van der Waals surface area contributed by atoms with E-state index >= 15 is 0 Å². The van der Waals surface area contributed by atoms with E-state index in [1.807, 2.05) is 0 Å². The van der Waals surface area contributed by atoms with Crippen molar-refractivity contribution >= 4 is 5.97 Å². The van der Waals surface area contributed by atoms with Gasteiger partial charge in [0.05, 0.1) is 12.6 Å². The highest BCUT2D eigenvalue weighted by molar-refractivity contribution is 5.68. The smallest absolute Gasteiger partial charge is 0.305 e. The van der Waals surface area contributed by atoms with Gasteiger partial charge in [0.1, 0.15) is 0 Å². The van der Waals surface area contributed by atoms with Crippen LogP contribution >= 0.6 is 0 Å². The standard InChI is InChI=1S/C37H50N4O2/c1-2-41-36(32(25-38-41)17-16-29-12-6-3-7-13-29)31-18-22-39(23-19-31)26-33-27-40(28-34(33)30-14-8-4-9-15-30)37(24-35(42)43)20-10-5-11-21-37/h3-4,6-9,12-15,25,31,33-34H,2,5,10-11,16-24,26-28H2,1H3,(H,42,43). The van der Waals surface area contributed by atoms with Crippen molar-refractivity contribution in [2.45, 2.75) is 95.1 Å². The number of hydrogen-bond acceptors (Lipinski definition) is 4. The molecule has 43 heavy (non-hydrogen) atoms. The molecule has 6 nitrogen and oxygen atoms in total. The lowest BCUT2D eigenvalue weighted by Gasteiger charge is -2.44. The topological polar surface area (TPSA) is 61.6 Å². The van der Waals surface area contributed by atoms with Gasteiger partial charge in [-0.25, -0.2) is 0 Å². The second-order valence-electron chi connectivity index (χ2n) is 13.5. The molecule has 6 rings (SSSR count). The maximum atomic E-state index is 12.0. The second-order valence-corrected chi connectivity index (χ2v) is 13.5. The molecule has 0 radical (unpaired) electrons. The predicted octanol–water partition coefficient (Wildman–Crippen LogP) is 6.76. The van der Waals surface area contributed by atoms with Crippen LogP contribution in [0.1, 0.15) is 92.5 Å². The zero-order chi connectivity index (χ0) is 29.6. The number of rotatable bonds is 11. The van der Waals surface area contributed by atoms with Gasteiger partial charge in [-0.2, -0.15) is 5.10 Å². The molecule has 2 unspecified atom stereocenters. The average Bonchev–Trinajstić information content (AvgIpc) is 3.66. The summed E-state index contributed by atoms with van der Waals surface area (Å²) in [4.78, 5) is 17.4. The maximum Gasteiger partial charge on any atom is 0.305 e. The Hall–Kier alpha value is -2.96. The van der Waals surface area contributed by atoms with Crippen molar-refractivity contribution in [3.63, 3.8) is 0 Å². The summed E-state index contributed by atoms with van der Waals surface area (Å²) in [7, 11) is 0. The summed E-state index contributed by atoms with van der Waals surface area (Å²) in [5, 5.41) is 14.7. The predicted molar refractivity (Wildman–Crippen MR) is 172 cm³/mol. The summed E-state index contributed by atoms with van der Waals surface area (Å²) >= 11 is 0. The van der Waals surface area contributed by atoms with Crippen molar-refractivity contribution in [2.75, 3.05) is 32.7 Å². The number of aromatic nitrogens is 2. The van der Waals surface area contributed by atoms with Crippen LogP contribution in [0.4, 0.5) is 0 Å². The Kier molecular flexibility index (Phi) is 9.64.